The van der Waals surface area contributed by atoms with Gasteiger partial charge in [0.2, 0.25) is 11.1 Å². The monoisotopic (exact) mass is 273 g/mol. The lowest BCUT2D eigenvalue weighted by Gasteiger charge is -2.13. The molecule has 0 aliphatic carbocycles. The topological polar surface area (TPSA) is 110 Å². The number of carbonyl (C=O) groups excluding carboxylic acids is 1. The molecule has 18 heavy (non-hydrogen) atoms. The molecule has 0 radical (unpaired) electrons. The summed E-state index contributed by atoms with van der Waals surface area (Å²) in [6.07, 6.45) is 0. The van der Waals surface area contributed by atoms with Crippen LogP contribution in [-0.4, -0.2) is 48.5 Å². The van der Waals surface area contributed by atoms with Gasteiger partial charge in [-0.3, -0.25) is 9.59 Å². The molecule has 0 aliphatic rings. The number of hydrogen-bond donors (Lipinski definition) is 2. The van der Waals surface area contributed by atoms with Crippen LogP contribution in [0.3, 0.4) is 0 Å². The van der Waals surface area contributed by atoms with E-state index in [4.69, 9.17) is 5.11 Å². The summed E-state index contributed by atoms with van der Waals surface area (Å²) in [6.45, 7) is 5.11. The molecule has 0 spiro atoms. The van der Waals surface area contributed by atoms with Gasteiger partial charge in [0.25, 0.3) is 0 Å². The molecule has 1 heterocycles. The molecule has 1 amide bonds. The number of rotatable bonds is 6. The first-order chi connectivity index (χ1) is 8.40. The second kappa shape index (κ2) is 6.34. The Morgan fingerprint density at radius 3 is 2.67 bits per heavy atom. The first kappa shape index (κ1) is 14.4. The van der Waals surface area contributed by atoms with Gasteiger partial charge >= 0.3 is 5.97 Å². The summed E-state index contributed by atoms with van der Waals surface area (Å²) in [5, 5.41) is 22.0. The Kier molecular flexibility index (Phi) is 5.08. The van der Waals surface area contributed by atoms with Gasteiger partial charge in [0, 0.05) is 6.04 Å². The molecule has 0 bridgehead atoms. The molecule has 1 atom stereocenters. The smallest absolute Gasteiger partial charge is 0.325 e. The third kappa shape index (κ3) is 4.32. The predicted octanol–water partition coefficient (Wildman–Crippen LogP) is -0.237. The number of aliphatic carboxylic acids is 1. The third-order valence-corrected chi connectivity index (χ3v) is 2.94. The molecule has 1 unspecified atom stereocenters. The number of nitrogens with zero attached hydrogens (tertiary/aromatic N) is 4. The fourth-order valence-electron chi connectivity index (χ4n) is 1.12. The SMILES string of the molecule is CC(C)NC(=O)C(C)Sc1nnnn1CC(=O)O. The standard InChI is InChI=1S/C9H15N5O3S/c1-5(2)10-8(17)6(3)18-9-11-12-13-14(9)4-7(15)16/h5-6H,4H2,1-3H3,(H,10,17)(H,15,16). The van der Waals surface area contributed by atoms with Crippen LogP contribution in [-0.2, 0) is 16.1 Å². The summed E-state index contributed by atoms with van der Waals surface area (Å²) in [5.74, 6) is -1.18. The normalized spacial score (nSPS) is 12.4. The molecule has 9 heteroatoms. The van der Waals surface area contributed by atoms with Crippen molar-refractivity contribution in [3.05, 3.63) is 0 Å². The number of tetrazole rings is 1. The first-order valence-corrected chi connectivity index (χ1v) is 6.23. The Balaban J connectivity index is 2.64. The summed E-state index contributed by atoms with van der Waals surface area (Å²) in [6, 6.07) is 0.0514. The van der Waals surface area contributed by atoms with Crippen LogP contribution in [0.5, 0.6) is 0 Å². The van der Waals surface area contributed by atoms with Crippen molar-refractivity contribution in [2.45, 2.75) is 43.8 Å². The molecule has 0 aromatic carbocycles. The molecule has 2 N–H and O–H groups in total. The highest BCUT2D eigenvalue weighted by Gasteiger charge is 2.19. The number of carboxylic acid groups (broad SMARTS) is 1. The maximum Gasteiger partial charge on any atom is 0.325 e. The second-order valence-corrected chi connectivity index (χ2v) is 5.24. The predicted molar refractivity (Wildman–Crippen MR) is 64.1 cm³/mol. The quantitative estimate of drug-likeness (QED) is 0.688. The highest BCUT2D eigenvalue weighted by Crippen LogP contribution is 2.20. The number of thioether (sulfide) groups is 1. The third-order valence-electron chi connectivity index (χ3n) is 1.87. The average molecular weight is 273 g/mol. The van der Waals surface area contributed by atoms with Gasteiger partial charge in [-0.25, -0.2) is 4.68 Å². The van der Waals surface area contributed by atoms with E-state index < -0.39 is 11.2 Å². The molecule has 0 fully saturated rings. The number of aromatic nitrogens is 4. The van der Waals surface area contributed by atoms with Crippen LogP contribution in [0.1, 0.15) is 20.8 Å². The lowest BCUT2D eigenvalue weighted by atomic mass is 10.3. The van der Waals surface area contributed by atoms with E-state index in [-0.39, 0.29) is 18.5 Å². The van der Waals surface area contributed by atoms with E-state index in [1.54, 1.807) is 6.92 Å². The largest absolute Gasteiger partial charge is 0.480 e. The van der Waals surface area contributed by atoms with E-state index in [0.717, 1.165) is 16.4 Å². The zero-order valence-electron chi connectivity index (χ0n) is 10.3. The Morgan fingerprint density at radius 2 is 2.11 bits per heavy atom. The van der Waals surface area contributed by atoms with Crippen molar-refractivity contribution in [1.29, 1.82) is 0 Å². The van der Waals surface area contributed by atoms with Crippen molar-refractivity contribution in [2.75, 3.05) is 0 Å². The Labute approximate surface area is 108 Å². The van der Waals surface area contributed by atoms with Gasteiger partial charge in [0.15, 0.2) is 0 Å². The number of carbonyl (C=O) groups is 2. The number of hydrogen-bond acceptors (Lipinski definition) is 6. The summed E-state index contributed by atoms with van der Waals surface area (Å²) in [5.41, 5.74) is 0. The van der Waals surface area contributed by atoms with Gasteiger partial charge in [-0.2, -0.15) is 0 Å². The van der Waals surface area contributed by atoms with Crippen molar-refractivity contribution >= 4 is 23.6 Å². The minimum atomic E-state index is -1.04. The zero-order valence-corrected chi connectivity index (χ0v) is 11.1. The van der Waals surface area contributed by atoms with Crippen molar-refractivity contribution in [1.82, 2.24) is 25.5 Å². The maximum absolute atomic E-state index is 11.7. The van der Waals surface area contributed by atoms with Gasteiger partial charge in [0.05, 0.1) is 5.25 Å². The molecular formula is C9H15N5O3S. The summed E-state index contributed by atoms with van der Waals surface area (Å²) >= 11 is 1.12. The lowest BCUT2D eigenvalue weighted by Crippen LogP contribution is -2.36. The Bertz CT molecular complexity index is 434. The summed E-state index contributed by atoms with van der Waals surface area (Å²) in [7, 11) is 0. The number of carboxylic acids is 1. The van der Waals surface area contributed by atoms with Crippen molar-refractivity contribution in [3.63, 3.8) is 0 Å². The molecular weight excluding hydrogens is 258 g/mol. The molecule has 1 aromatic rings. The first-order valence-electron chi connectivity index (χ1n) is 5.35. The van der Waals surface area contributed by atoms with E-state index in [1.807, 2.05) is 13.8 Å². The molecule has 100 valence electrons. The maximum atomic E-state index is 11.7. The molecule has 1 rings (SSSR count). The fraction of sp³-hybridized carbons (Fsp3) is 0.667. The minimum absolute atomic E-state index is 0.0514. The van der Waals surface area contributed by atoms with Gasteiger partial charge in [-0.15, -0.1) is 5.10 Å². The fourth-order valence-corrected chi connectivity index (χ4v) is 1.92. The Hall–Kier alpha value is -1.64. The molecule has 8 nitrogen and oxygen atoms in total. The van der Waals surface area contributed by atoms with E-state index in [9.17, 15) is 9.59 Å². The van der Waals surface area contributed by atoms with Crippen LogP contribution in [0.2, 0.25) is 0 Å². The van der Waals surface area contributed by atoms with E-state index in [2.05, 4.69) is 20.8 Å². The number of amides is 1. The van der Waals surface area contributed by atoms with Gasteiger partial charge in [-0.05, 0) is 31.2 Å². The summed E-state index contributed by atoms with van der Waals surface area (Å²) in [4.78, 5) is 22.3. The van der Waals surface area contributed by atoms with Crippen LogP contribution in [0.4, 0.5) is 0 Å². The molecule has 1 aromatic heterocycles. The van der Waals surface area contributed by atoms with Gasteiger partial charge < -0.3 is 10.4 Å². The summed E-state index contributed by atoms with van der Waals surface area (Å²) < 4.78 is 1.14. The molecule has 0 saturated carbocycles. The van der Waals surface area contributed by atoms with Crippen LogP contribution < -0.4 is 5.32 Å². The zero-order chi connectivity index (χ0) is 13.7. The van der Waals surface area contributed by atoms with Crippen molar-refractivity contribution in [2.24, 2.45) is 0 Å². The van der Waals surface area contributed by atoms with Crippen LogP contribution in [0.15, 0.2) is 5.16 Å². The van der Waals surface area contributed by atoms with E-state index in [1.165, 1.54) is 0 Å². The number of nitrogens with one attached hydrogen (secondary N) is 1. The highest BCUT2D eigenvalue weighted by atomic mass is 32.2. The van der Waals surface area contributed by atoms with Crippen molar-refractivity contribution in [3.8, 4) is 0 Å². The second-order valence-electron chi connectivity index (χ2n) is 3.94. The van der Waals surface area contributed by atoms with E-state index in [0.29, 0.717) is 5.16 Å². The highest BCUT2D eigenvalue weighted by molar-refractivity contribution is 8.00. The van der Waals surface area contributed by atoms with E-state index >= 15 is 0 Å². The minimum Gasteiger partial charge on any atom is -0.480 e. The van der Waals surface area contributed by atoms with Gasteiger partial charge in [0.1, 0.15) is 6.54 Å². The lowest BCUT2D eigenvalue weighted by molar-refractivity contribution is -0.138. The molecule has 0 aliphatic heterocycles. The van der Waals surface area contributed by atoms with Crippen LogP contribution >= 0.6 is 11.8 Å². The van der Waals surface area contributed by atoms with Crippen LogP contribution in [0, 0.1) is 0 Å². The Morgan fingerprint density at radius 1 is 1.44 bits per heavy atom. The average Bonchev–Trinajstić information content (AvgIpc) is 2.63. The van der Waals surface area contributed by atoms with Crippen molar-refractivity contribution < 1.29 is 14.7 Å². The van der Waals surface area contributed by atoms with Crippen LogP contribution in [0.25, 0.3) is 0 Å². The van der Waals surface area contributed by atoms with Gasteiger partial charge in [-0.1, -0.05) is 11.8 Å². The molecule has 0 saturated heterocycles.